The fourth-order valence-corrected chi connectivity index (χ4v) is 1.55. The molecule has 0 fully saturated rings. The topological polar surface area (TPSA) is 205 Å². The first-order valence-electron chi connectivity index (χ1n) is 5.07. The standard InChI is InChI=1S/C8H14N3O8P.3Na/c9-5(12)1-4(8(16)10-2-7(14)15)11-6(13)3-20(17,18)19;;;/h4H,1-3H2,(H2,9,12)(H,10,16)(H,11,13)(H,14,15)(H2,17,18,19);;;/q;3*+1/p-3/t4-;;;/m0.../s1. The smallest absolute Gasteiger partial charge is 0.810 e. The number of nitrogens with one attached hydrogen (secondary N) is 2. The molecule has 15 heteroatoms. The number of amides is 3. The molecule has 0 aromatic heterocycles. The van der Waals surface area contributed by atoms with Crippen molar-refractivity contribution in [2.24, 2.45) is 5.73 Å². The zero-order valence-electron chi connectivity index (χ0n) is 13.0. The third-order valence-corrected chi connectivity index (χ3v) is 2.48. The van der Waals surface area contributed by atoms with Crippen molar-refractivity contribution >= 4 is 31.3 Å². The van der Waals surface area contributed by atoms with E-state index in [0.29, 0.717) is 0 Å². The molecule has 0 bridgehead atoms. The second kappa shape index (κ2) is 15.3. The van der Waals surface area contributed by atoms with Crippen molar-refractivity contribution < 1.29 is 127 Å². The van der Waals surface area contributed by atoms with E-state index >= 15 is 0 Å². The predicted octanol–water partition coefficient (Wildman–Crippen LogP) is -14.9. The number of hydrogen-bond acceptors (Lipinski definition) is 8. The molecule has 0 saturated carbocycles. The second-order valence-electron chi connectivity index (χ2n) is 3.65. The van der Waals surface area contributed by atoms with Crippen molar-refractivity contribution in [3.8, 4) is 0 Å². The maximum absolute atomic E-state index is 11.4. The fourth-order valence-electron chi connectivity index (χ4n) is 1.11. The van der Waals surface area contributed by atoms with E-state index in [-0.39, 0.29) is 88.7 Å². The molecular weight excluding hydrogens is 366 g/mol. The molecule has 11 nitrogen and oxygen atoms in total. The Hall–Kier alpha value is 1.03. The van der Waals surface area contributed by atoms with Crippen molar-refractivity contribution in [1.29, 1.82) is 0 Å². The number of carboxylic acids is 1. The van der Waals surface area contributed by atoms with E-state index in [1.54, 1.807) is 10.6 Å². The van der Waals surface area contributed by atoms with Crippen molar-refractivity contribution in [1.82, 2.24) is 10.6 Å². The number of carbonyl (C=O) groups excluding carboxylic acids is 4. The Labute approximate surface area is 197 Å². The van der Waals surface area contributed by atoms with Gasteiger partial charge in [-0.2, -0.15) is 0 Å². The van der Waals surface area contributed by atoms with Crippen LogP contribution in [0.15, 0.2) is 0 Å². The Morgan fingerprint density at radius 2 is 1.57 bits per heavy atom. The number of primary amides is 1. The summed E-state index contributed by atoms with van der Waals surface area (Å²) in [6.07, 6.45) is -2.11. The summed E-state index contributed by atoms with van der Waals surface area (Å²) in [5.74, 6) is -5.03. The molecule has 0 rings (SSSR count). The molecule has 3 amide bonds. The summed E-state index contributed by atoms with van der Waals surface area (Å²) in [7, 11) is -5.14. The van der Waals surface area contributed by atoms with Gasteiger partial charge in [0.15, 0.2) is 0 Å². The number of hydrogen-bond donors (Lipinski definition) is 3. The SMILES string of the molecule is NC(=O)C[C@H](NC(=O)CP(=O)([O-])[O-])C(=O)NCC(=O)[O-].[Na+].[Na+].[Na+]. The minimum atomic E-state index is -5.14. The average Bonchev–Trinajstić information content (AvgIpc) is 2.21. The molecule has 0 aliphatic rings. The molecule has 0 saturated heterocycles. The number of carboxylic acid groups (broad SMARTS) is 1. The molecule has 0 unspecified atom stereocenters. The summed E-state index contributed by atoms with van der Waals surface area (Å²) < 4.78 is 10.4. The minimum absolute atomic E-state index is 0. The number of aliphatic carboxylic acids is 1. The zero-order valence-corrected chi connectivity index (χ0v) is 19.9. The largest absolute Gasteiger partial charge is 1.00 e. The van der Waals surface area contributed by atoms with Gasteiger partial charge in [-0.3, -0.25) is 14.4 Å². The van der Waals surface area contributed by atoms with Gasteiger partial charge in [-0.05, 0) is 0 Å². The third kappa shape index (κ3) is 19.2. The van der Waals surface area contributed by atoms with Gasteiger partial charge in [0.25, 0.3) is 0 Å². The first-order valence-corrected chi connectivity index (χ1v) is 6.80. The van der Waals surface area contributed by atoms with E-state index in [2.05, 4.69) is 0 Å². The molecule has 0 radical (unpaired) electrons. The first-order chi connectivity index (χ1) is 9.01. The van der Waals surface area contributed by atoms with Crippen LogP contribution in [0.2, 0.25) is 0 Å². The number of carbonyl (C=O) groups is 4. The van der Waals surface area contributed by atoms with Crippen LogP contribution in [0.5, 0.6) is 0 Å². The molecule has 0 heterocycles. The van der Waals surface area contributed by atoms with Gasteiger partial charge >= 0.3 is 88.7 Å². The first kappa shape index (κ1) is 31.8. The quantitative estimate of drug-likeness (QED) is 0.273. The molecule has 114 valence electrons. The second-order valence-corrected chi connectivity index (χ2v) is 5.19. The Morgan fingerprint density at radius 3 is 1.91 bits per heavy atom. The van der Waals surface area contributed by atoms with Crippen LogP contribution in [0.3, 0.4) is 0 Å². The summed E-state index contributed by atoms with van der Waals surface area (Å²) >= 11 is 0. The zero-order chi connectivity index (χ0) is 15.9. The molecular formula is C8H11N3Na3O8P. The van der Waals surface area contributed by atoms with Crippen molar-refractivity contribution in [3.05, 3.63) is 0 Å². The summed E-state index contributed by atoms with van der Waals surface area (Å²) in [6.45, 7) is -0.883. The summed E-state index contributed by atoms with van der Waals surface area (Å²) in [5.41, 5.74) is 4.81. The van der Waals surface area contributed by atoms with Gasteiger partial charge in [0.1, 0.15) is 6.04 Å². The maximum atomic E-state index is 11.4. The van der Waals surface area contributed by atoms with E-state index in [1.807, 2.05) is 0 Å². The third-order valence-electron chi connectivity index (χ3n) is 1.80. The van der Waals surface area contributed by atoms with Crippen LogP contribution in [0, 0.1) is 0 Å². The van der Waals surface area contributed by atoms with Gasteiger partial charge in [-0.15, -0.1) is 0 Å². The van der Waals surface area contributed by atoms with Gasteiger partial charge < -0.3 is 40.6 Å². The Kier molecular flexibility index (Phi) is 21.1. The van der Waals surface area contributed by atoms with Crippen molar-refractivity contribution in [2.75, 3.05) is 12.7 Å². The van der Waals surface area contributed by atoms with Crippen LogP contribution in [0.25, 0.3) is 0 Å². The van der Waals surface area contributed by atoms with Crippen LogP contribution < -0.4 is 120 Å². The van der Waals surface area contributed by atoms with E-state index in [1.165, 1.54) is 0 Å². The van der Waals surface area contributed by atoms with E-state index in [4.69, 9.17) is 5.73 Å². The number of rotatable bonds is 8. The summed E-state index contributed by atoms with van der Waals surface area (Å²) in [4.78, 5) is 64.1. The normalized spacial score (nSPS) is 10.7. The molecule has 0 aliphatic carbocycles. The molecule has 0 spiro atoms. The summed E-state index contributed by atoms with van der Waals surface area (Å²) in [6, 6.07) is -1.59. The average molecular weight is 377 g/mol. The summed E-state index contributed by atoms with van der Waals surface area (Å²) in [5, 5.41) is 13.7. The molecule has 4 N–H and O–H groups in total. The van der Waals surface area contributed by atoms with E-state index in [0.717, 1.165) is 0 Å². The van der Waals surface area contributed by atoms with Gasteiger partial charge in [-0.25, -0.2) is 0 Å². The Morgan fingerprint density at radius 1 is 1.09 bits per heavy atom. The Balaban J connectivity index is -0.000000602. The minimum Gasteiger partial charge on any atom is -0.810 e. The van der Waals surface area contributed by atoms with Crippen molar-refractivity contribution in [3.63, 3.8) is 0 Å². The maximum Gasteiger partial charge on any atom is 1.00 e. The van der Waals surface area contributed by atoms with Crippen LogP contribution in [-0.2, 0) is 23.7 Å². The van der Waals surface area contributed by atoms with Crippen LogP contribution >= 0.6 is 7.60 Å². The monoisotopic (exact) mass is 377 g/mol. The number of nitrogens with two attached hydrogens (primary N) is 1. The van der Waals surface area contributed by atoms with Gasteiger partial charge in [-0.1, -0.05) is 7.60 Å². The molecule has 0 aromatic rings. The Bertz CT molecular complexity index is 471. The van der Waals surface area contributed by atoms with Gasteiger partial charge in [0.05, 0.1) is 25.1 Å². The van der Waals surface area contributed by atoms with Crippen LogP contribution in [0.4, 0.5) is 0 Å². The van der Waals surface area contributed by atoms with E-state index in [9.17, 15) is 38.6 Å². The van der Waals surface area contributed by atoms with Gasteiger partial charge in [0.2, 0.25) is 17.7 Å². The molecule has 0 aliphatic heterocycles. The van der Waals surface area contributed by atoms with Crippen LogP contribution in [-0.4, -0.2) is 42.4 Å². The fraction of sp³-hybridized carbons (Fsp3) is 0.500. The molecule has 23 heavy (non-hydrogen) atoms. The molecule has 0 aromatic carbocycles. The van der Waals surface area contributed by atoms with Crippen LogP contribution in [0.1, 0.15) is 6.42 Å². The predicted molar refractivity (Wildman–Crippen MR) is 56.2 cm³/mol. The van der Waals surface area contributed by atoms with E-state index < -0.39 is 56.5 Å². The van der Waals surface area contributed by atoms with Gasteiger partial charge in [0, 0.05) is 0 Å². The molecule has 1 atom stereocenters. The van der Waals surface area contributed by atoms with Crippen molar-refractivity contribution in [2.45, 2.75) is 12.5 Å².